The van der Waals surface area contributed by atoms with Gasteiger partial charge in [0.2, 0.25) is 0 Å². The molecule has 0 fully saturated rings. The standard InChI is InChI=1S/C19H14N2O2S/c22-17-11-15-9-5-4-8-14(15)10-16(17)18-20-21-19(23-18)24-12-13-6-2-1-3-7-13/h1-11,22H,12H2. The Balaban J connectivity index is 1.59. The Kier molecular flexibility index (Phi) is 3.92. The van der Waals surface area contributed by atoms with E-state index in [2.05, 4.69) is 22.3 Å². The van der Waals surface area contributed by atoms with Crippen LogP contribution < -0.4 is 0 Å². The van der Waals surface area contributed by atoms with Crippen LogP contribution in [0.2, 0.25) is 0 Å². The summed E-state index contributed by atoms with van der Waals surface area (Å²) in [7, 11) is 0. The number of thioether (sulfide) groups is 1. The number of phenols is 1. The van der Waals surface area contributed by atoms with Gasteiger partial charge >= 0.3 is 0 Å². The maximum atomic E-state index is 10.2. The van der Waals surface area contributed by atoms with Gasteiger partial charge in [-0.05, 0) is 28.5 Å². The Morgan fingerprint density at radius 2 is 1.58 bits per heavy atom. The smallest absolute Gasteiger partial charge is 0.277 e. The van der Waals surface area contributed by atoms with Gasteiger partial charge in [-0.3, -0.25) is 0 Å². The second-order valence-corrected chi connectivity index (χ2v) is 6.29. The fourth-order valence-electron chi connectivity index (χ4n) is 2.50. The molecule has 1 aromatic heterocycles. The minimum Gasteiger partial charge on any atom is -0.507 e. The number of fused-ring (bicyclic) bond motifs is 1. The molecule has 1 heterocycles. The largest absolute Gasteiger partial charge is 0.507 e. The van der Waals surface area contributed by atoms with Crippen LogP contribution in [0.15, 0.2) is 76.4 Å². The van der Waals surface area contributed by atoms with Gasteiger partial charge in [0.25, 0.3) is 11.1 Å². The van der Waals surface area contributed by atoms with E-state index >= 15 is 0 Å². The quantitative estimate of drug-likeness (QED) is 0.539. The molecule has 0 radical (unpaired) electrons. The first-order chi connectivity index (χ1) is 11.8. The number of aromatic hydroxyl groups is 1. The third-order valence-corrected chi connectivity index (χ3v) is 4.60. The minimum atomic E-state index is 0.136. The van der Waals surface area contributed by atoms with Crippen LogP contribution >= 0.6 is 11.8 Å². The van der Waals surface area contributed by atoms with Crippen LogP contribution in [-0.4, -0.2) is 15.3 Å². The number of benzene rings is 3. The van der Waals surface area contributed by atoms with Crippen molar-refractivity contribution < 1.29 is 9.52 Å². The van der Waals surface area contributed by atoms with Crippen molar-refractivity contribution in [3.8, 4) is 17.2 Å². The highest BCUT2D eigenvalue weighted by atomic mass is 32.2. The monoisotopic (exact) mass is 334 g/mol. The lowest BCUT2D eigenvalue weighted by molar-refractivity contribution is 0.453. The molecule has 24 heavy (non-hydrogen) atoms. The summed E-state index contributed by atoms with van der Waals surface area (Å²) in [4.78, 5) is 0. The first-order valence-corrected chi connectivity index (χ1v) is 8.50. The summed E-state index contributed by atoms with van der Waals surface area (Å²) in [5.41, 5.74) is 1.74. The lowest BCUT2D eigenvalue weighted by atomic mass is 10.1. The number of aromatic nitrogens is 2. The summed E-state index contributed by atoms with van der Waals surface area (Å²) in [5, 5.41) is 20.8. The van der Waals surface area contributed by atoms with Crippen LogP contribution in [-0.2, 0) is 5.75 Å². The molecule has 0 unspecified atom stereocenters. The van der Waals surface area contributed by atoms with E-state index in [1.54, 1.807) is 6.07 Å². The van der Waals surface area contributed by atoms with Crippen molar-refractivity contribution in [1.29, 1.82) is 0 Å². The summed E-state index contributed by atoms with van der Waals surface area (Å²) in [6.45, 7) is 0. The zero-order valence-electron chi connectivity index (χ0n) is 12.7. The van der Waals surface area contributed by atoms with Gasteiger partial charge in [0, 0.05) is 5.75 Å². The predicted molar refractivity (Wildman–Crippen MR) is 94.9 cm³/mol. The molecular weight excluding hydrogens is 320 g/mol. The van der Waals surface area contributed by atoms with Crippen molar-refractivity contribution in [2.75, 3.05) is 0 Å². The Hall–Kier alpha value is -2.79. The van der Waals surface area contributed by atoms with Crippen LogP contribution in [0.5, 0.6) is 5.75 Å². The molecule has 3 aromatic carbocycles. The van der Waals surface area contributed by atoms with E-state index in [1.165, 1.54) is 17.3 Å². The highest BCUT2D eigenvalue weighted by Gasteiger charge is 2.14. The summed E-state index contributed by atoms with van der Waals surface area (Å²) < 4.78 is 5.70. The molecule has 5 heteroatoms. The summed E-state index contributed by atoms with van der Waals surface area (Å²) in [6, 6.07) is 21.5. The molecule has 0 atom stereocenters. The Labute approximate surface area is 143 Å². The van der Waals surface area contributed by atoms with Crippen molar-refractivity contribution in [2.24, 2.45) is 0 Å². The van der Waals surface area contributed by atoms with E-state index in [0.717, 1.165) is 16.5 Å². The van der Waals surface area contributed by atoms with E-state index in [9.17, 15) is 5.11 Å². The fraction of sp³-hybridized carbons (Fsp3) is 0.0526. The Bertz CT molecular complexity index is 983. The van der Waals surface area contributed by atoms with E-state index in [-0.39, 0.29) is 5.75 Å². The van der Waals surface area contributed by atoms with Crippen molar-refractivity contribution >= 4 is 22.5 Å². The zero-order valence-corrected chi connectivity index (χ0v) is 13.5. The maximum absolute atomic E-state index is 10.2. The number of rotatable bonds is 4. The molecule has 0 saturated heterocycles. The Morgan fingerprint density at radius 1 is 0.875 bits per heavy atom. The first kappa shape index (κ1) is 14.8. The zero-order chi connectivity index (χ0) is 16.4. The Morgan fingerprint density at radius 3 is 2.38 bits per heavy atom. The molecule has 1 N–H and O–H groups in total. The van der Waals surface area contributed by atoms with Crippen LogP contribution in [0.3, 0.4) is 0 Å². The lowest BCUT2D eigenvalue weighted by Crippen LogP contribution is -1.81. The molecule has 0 bridgehead atoms. The van der Waals surface area contributed by atoms with Crippen molar-refractivity contribution in [3.05, 3.63) is 72.3 Å². The highest BCUT2D eigenvalue weighted by Crippen LogP contribution is 2.34. The van der Waals surface area contributed by atoms with Gasteiger partial charge < -0.3 is 9.52 Å². The average molecular weight is 334 g/mol. The fourth-order valence-corrected chi connectivity index (χ4v) is 3.21. The second-order valence-electron chi connectivity index (χ2n) is 5.36. The van der Waals surface area contributed by atoms with Crippen LogP contribution in [0.4, 0.5) is 0 Å². The highest BCUT2D eigenvalue weighted by molar-refractivity contribution is 7.98. The van der Waals surface area contributed by atoms with Crippen LogP contribution in [0.1, 0.15) is 5.56 Å². The third-order valence-electron chi connectivity index (χ3n) is 3.71. The normalized spacial score (nSPS) is 11.0. The molecule has 4 nitrogen and oxygen atoms in total. The molecule has 4 rings (SSSR count). The van der Waals surface area contributed by atoms with Gasteiger partial charge in [0.15, 0.2) is 0 Å². The SMILES string of the molecule is Oc1cc2ccccc2cc1-c1nnc(SCc2ccccc2)o1. The third kappa shape index (κ3) is 2.98. The molecule has 0 aliphatic heterocycles. The van der Waals surface area contributed by atoms with Gasteiger partial charge in [-0.1, -0.05) is 66.4 Å². The molecule has 0 aliphatic carbocycles. The lowest BCUT2D eigenvalue weighted by Gasteiger charge is -2.03. The average Bonchev–Trinajstić information content (AvgIpc) is 3.09. The molecule has 0 spiro atoms. The van der Waals surface area contributed by atoms with Gasteiger partial charge in [0.1, 0.15) is 5.75 Å². The second kappa shape index (κ2) is 6.37. The molecule has 118 valence electrons. The number of nitrogens with zero attached hydrogens (tertiary/aromatic N) is 2. The topological polar surface area (TPSA) is 59.2 Å². The number of phenolic OH excluding ortho intramolecular Hbond substituents is 1. The van der Waals surface area contributed by atoms with Gasteiger partial charge in [-0.2, -0.15) is 0 Å². The van der Waals surface area contributed by atoms with Crippen molar-refractivity contribution in [2.45, 2.75) is 11.0 Å². The van der Waals surface area contributed by atoms with Gasteiger partial charge in [0.05, 0.1) is 5.56 Å². The van der Waals surface area contributed by atoms with E-state index in [1.807, 2.05) is 48.5 Å². The first-order valence-electron chi connectivity index (χ1n) is 7.52. The molecule has 0 saturated carbocycles. The van der Waals surface area contributed by atoms with E-state index in [0.29, 0.717) is 16.7 Å². The van der Waals surface area contributed by atoms with Crippen LogP contribution in [0.25, 0.3) is 22.2 Å². The number of hydrogen-bond acceptors (Lipinski definition) is 5. The number of hydrogen-bond donors (Lipinski definition) is 1. The predicted octanol–water partition coefficient (Wildman–Crippen LogP) is 4.89. The maximum Gasteiger partial charge on any atom is 0.277 e. The van der Waals surface area contributed by atoms with Crippen molar-refractivity contribution in [3.63, 3.8) is 0 Å². The molecular formula is C19H14N2O2S. The molecule has 0 amide bonds. The van der Waals surface area contributed by atoms with Crippen molar-refractivity contribution in [1.82, 2.24) is 10.2 Å². The van der Waals surface area contributed by atoms with Crippen LogP contribution in [0, 0.1) is 0 Å². The summed E-state index contributed by atoms with van der Waals surface area (Å²) in [5.74, 6) is 1.22. The summed E-state index contributed by atoms with van der Waals surface area (Å²) >= 11 is 1.48. The molecule has 4 aromatic rings. The summed E-state index contributed by atoms with van der Waals surface area (Å²) in [6.07, 6.45) is 0. The van der Waals surface area contributed by atoms with E-state index in [4.69, 9.17) is 4.42 Å². The van der Waals surface area contributed by atoms with E-state index < -0.39 is 0 Å². The minimum absolute atomic E-state index is 0.136. The van der Waals surface area contributed by atoms with Gasteiger partial charge in [-0.15, -0.1) is 10.2 Å². The van der Waals surface area contributed by atoms with Gasteiger partial charge in [-0.25, -0.2) is 0 Å². The molecule has 0 aliphatic rings.